The normalized spacial score (nSPS) is 42.5. The zero-order valence-electron chi connectivity index (χ0n) is 98.2. The van der Waals surface area contributed by atoms with Crippen LogP contribution >= 0.6 is 0 Å². The molecule has 14 nitrogen and oxygen atoms in total. The minimum atomic E-state index is -0.356. The van der Waals surface area contributed by atoms with Crippen LogP contribution in [-0.2, 0) is 66.7 Å². The molecule has 35 unspecified atom stereocenters. The zero-order chi connectivity index (χ0) is 105. The summed E-state index contributed by atoms with van der Waals surface area (Å²) in [6.45, 7) is 62.8. The smallest absolute Gasteiger partial charge is 0.312 e. The highest BCUT2D eigenvalue weighted by atomic mass is 16.6. The summed E-state index contributed by atoms with van der Waals surface area (Å²) in [5.74, 6) is 25.0. The van der Waals surface area contributed by atoms with Crippen molar-refractivity contribution in [2.24, 2.45) is 215 Å². The second kappa shape index (κ2) is 43.6. The Labute approximate surface area is 880 Å². The van der Waals surface area contributed by atoms with E-state index in [9.17, 15) is 33.6 Å². The first-order valence-electron chi connectivity index (χ1n) is 62.1. The van der Waals surface area contributed by atoms with Gasteiger partial charge in [0.05, 0.1) is 37.9 Å². The summed E-state index contributed by atoms with van der Waals surface area (Å²) in [6, 6.07) is 0. The van der Waals surface area contributed by atoms with Gasteiger partial charge in [-0.2, -0.15) is 0 Å². The van der Waals surface area contributed by atoms with Crippen LogP contribution in [0.5, 0.6) is 0 Å². The van der Waals surface area contributed by atoms with E-state index >= 15 is 0 Å². The molecule has 21 rings (SSSR count). The number of rotatable bonds is 24. The Kier molecular flexibility index (Phi) is 34.6. The highest BCUT2D eigenvalue weighted by Gasteiger charge is 2.73. The van der Waals surface area contributed by atoms with Gasteiger partial charge in [0.15, 0.2) is 0 Å². The van der Waals surface area contributed by atoms with Crippen LogP contribution in [0.25, 0.3) is 0 Å². The van der Waals surface area contributed by atoms with Gasteiger partial charge in [-0.15, -0.1) is 0 Å². The maximum atomic E-state index is 12.9. The predicted octanol–water partition coefficient (Wildman–Crippen LogP) is 33.3. The molecule has 21 fully saturated rings. The lowest BCUT2D eigenvalue weighted by Crippen LogP contribution is -2.52. The van der Waals surface area contributed by atoms with Gasteiger partial charge in [0.1, 0.15) is 39.2 Å². The first-order valence-corrected chi connectivity index (χ1v) is 62.1. The molecule has 0 N–H and O–H groups in total. The molecule has 0 aromatic carbocycles. The largest absolute Gasteiger partial charge is 0.459 e. The van der Waals surface area contributed by atoms with E-state index in [0.717, 1.165) is 245 Å². The number of carbonyl (C=O) groups is 7. The average molecular weight is 2010 g/mol. The lowest BCUT2D eigenvalue weighted by atomic mass is 9.63. The van der Waals surface area contributed by atoms with Gasteiger partial charge in [0.2, 0.25) is 0 Å². The van der Waals surface area contributed by atoms with Gasteiger partial charge in [-0.05, 0) is 510 Å². The molecule has 0 spiro atoms. The standard InChI is InChI=1S/C21H34O2.C20H32O2.C19H30O2.C19H34O2.C17H28O2.2C17H30O2/c1-6-20(4,5)19(22)23-21(12(2)3)11-15-10-16(21)18-14-8-7-13(9-14)17(15)18;1-5-19(3,4)18(21)22-20(6-2)11-14-10-15(20)17-13-8-7-12(9-13)16(14)17;1-5-18(2,3)17(20)21-19(4)10-13-9-14(19)16-12-7-6-11(8-12)15(13)16;1-6-18(4,5)17(20)21-19(14(2)3)12-11-15-9-7-8-10-16(15)13-19;1-5-16(2,3)15(18)19-17(4)10-11-9-14(17)13-8-6-7-12(11)13;1-5-16(2,3)15(18)19-17(4)12-8-10-13-9-6-7-11-14(13)17;1-5-16(2,3)15(18)19-17(4)11-10-13-8-6-7-9-14(13)12-17/h12-18H,6-11H2,1-5H3;12-17H,5-11H2,1-4H3;11-16H,5-10H2,1-4H3;14-16H,6-13H2,1-5H3;11-14H,5-10H2,1-4H3;2*13-14H,5-12H2,1-4H3. The van der Waals surface area contributed by atoms with Crippen molar-refractivity contribution >= 4 is 41.8 Å². The second-order valence-corrected chi connectivity index (χ2v) is 60.1. The molecule has 0 amide bonds. The SMILES string of the molecule is CCC(C)(C)C(=O)OC1(C(C)C)CC2CC1C1C3CCC(C3)C21.CCC(C)(C)C(=O)OC1(C(C)C)CCC2CCCCC2C1.CCC(C)(C)C(=O)OC1(C)CC2CC1C1C3CCC(C3)C21.CCC(C)(C)C(=O)OC1(C)CC2CC1C1CCCC21.CCC(C)(C)C(=O)OC1(C)CCC2CCCCC2C1.CCC(C)(C)C(=O)OC1(C)CCCC2CCCCC21.CCC(C)(C)C(=O)OC1(CC)CC2CC1C1C3CCC(C3)C21. The summed E-state index contributed by atoms with van der Waals surface area (Å²) in [5, 5.41) is 0. The van der Waals surface area contributed by atoms with Crippen molar-refractivity contribution in [2.45, 2.75) is 562 Å². The summed E-state index contributed by atoms with van der Waals surface area (Å²) in [6.07, 6.45) is 60.9. The molecule has 0 aliphatic heterocycles. The molecule has 21 aliphatic carbocycles. The maximum Gasteiger partial charge on any atom is 0.312 e. The lowest BCUT2D eigenvalue weighted by molar-refractivity contribution is -0.191. The molecular formula is C130H218O14. The fourth-order valence-corrected chi connectivity index (χ4v) is 36.9. The summed E-state index contributed by atoms with van der Waals surface area (Å²) in [7, 11) is 0. The molecule has 144 heavy (non-hydrogen) atoms. The van der Waals surface area contributed by atoms with Crippen molar-refractivity contribution in [3.63, 3.8) is 0 Å². The minimum Gasteiger partial charge on any atom is -0.459 e. The van der Waals surface area contributed by atoms with E-state index in [1.54, 1.807) is 0 Å². The molecule has 0 heterocycles. The van der Waals surface area contributed by atoms with Crippen molar-refractivity contribution in [1.29, 1.82) is 0 Å². The van der Waals surface area contributed by atoms with E-state index < -0.39 is 0 Å². The van der Waals surface area contributed by atoms with Crippen LogP contribution in [0.2, 0.25) is 0 Å². The lowest BCUT2D eigenvalue weighted by Gasteiger charge is -2.49. The van der Waals surface area contributed by atoms with Gasteiger partial charge in [0.25, 0.3) is 0 Å². The van der Waals surface area contributed by atoms with Crippen LogP contribution in [0, 0.1) is 215 Å². The Morgan fingerprint density at radius 1 is 0.243 bits per heavy atom. The van der Waals surface area contributed by atoms with Gasteiger partial charge in [0, 0.05) is 29.6 Å². The first-order chi connectivity index (χ1) is 67.5. The van der Waals surface area contributed by atoms with Crippen molar-refractivity contribution < 1.29 is 66.7 Å². The summed E-state index contributed by atoms with van der Waals surface area (Å²) in [5.41, 5.74) is -3.63. The zero-order valence-corrected chi connectivity index (χ0v) is 98.2. The van der Waals surface area contributed by atoms with Gasteiger partial charge in [-0.3, -0.25) is 33.6 Å². The molecule has 14 bridgehead atoms. The molecular weight excluding hydrogens is 1790 g/mol. The van der Waals surface area contributed by atoms with E-state index in [4.69, 9.17) is 33.2 Å². The van der Waals surface area contributed by atoms with Crippen molar-refractivity contribution in [3.8, 4) is 0 Å². The van der Waals surface area contributed by atoms with Crippen molar-refractivity contribution in [3.05, 3.63) is 0 Å². The molecule has 21 saturated carbocycles. The Hall–Kier alpha value is -3.71. The van der Waals surface area contributed by atoms with E-state index in [-0.39, 0.29) is 119 Å². The Bertz CT molecular complexity index is 4400. The molecule has 0 aromatic heterocycles. The Morgan fingerprint density at radius 2 is 0.590 bits per heavy atom. The Morgan fingerprint density at radius 3 is 1.06 bits per heavy atom. The van der Waals surface area contributed by atoms with E-state index in [2.05, 4.69) is 111 Å². The maximum absolute atomic E-state index is 12.9. The van der Waals surface area contributed by atoms with Crippen LogP contribution in [0.15, 0.2) is 0 Å². The molecule has 0 radical (unpaired) electrons. The second-order valence-electron chi connectivity index (χ2n) is 60.1. The number of hydrogen-bond donors (Lipinski definition) is 0. The third kappa shape index (κ3) is 22.2. The summed E-state index contributed by atoms with van der Waals surface area (Å²) >= 11 is 0. The topological polar surface area (TPSA) is 184 Å². The molecule has 0 aromatic rings. The molecule has 14 heteroatoms. The van der Waals surface area contributed by atoms with E-state index in [1.165, 1.54) is 205 Å². The molecule has 822 valence electrons. The number of carbonyl (C=O) groups excluding carboxylic acids is 7. The van der Waals surface area contributed by atoms with Gasteiger partial charge in [-0.25, -0.2) is 0 Å². The third-order valence-corrected chi connectivity index (χ3v) is 48.8. The molecule has 35 atom stereocenters. The fourth-order valence-electron chi connectivity index (χ4n) is 36.9. The van der Waals surface area contributed by atoms with Gasteiger partial charge in [-0.1, -0.05) is 160 Å². The number of fused-ring (bicyclic) bond motifs is 35. The predicted molar refractivity (Wildman–Crippen MR) is 580 cm³/mol. The molecule has 0 saturated heterocycles. The Balaban J connectivity index is 0.000000127. The van der Waals surface area contributed by atoms with Crippen molar-refractivity contribution in [2.75, 3.05) is 0 Å². The summed E-state index contributed by atoms with van der Waals surface area (Å²) < 4.78 is 43.2. The van der Waals surface area contributed by atoms with Crippen LogP contribution in [0.3, 0.4) is 0 Å². The van der Waals surface area contributed by atoms with Gasteiger partial charge < -0.3 is 33.2 Å². The van der Waals surface area contributed by atoms with Crippen LogP contribution in [0.1, 0.15) is 522 Å². The van der Waals surface area contributed by atoms with Crippen molar-refractivity contribution in [1.82, 2.24) is 0 Å². The van der Waals surface area contributed by atoms with E-state index in [0.29, 0.717) is 41.4 Å². The van der Waals surface area contributed by atoms with Crippen LogP contribution in [-0.4, -0.2) is 81.0 Å². The number of ether oxygens (including phenoxy) is 7. The first kappa shape index (κ1) is 114. The monoisotopic (exact) mass is 2000 g/mol. The highest BCUT2D eigenvalue weighted by Crippen LogP contribution is 2.75. The highest BCUT2D eigenvalue weighted by molar-refractivity contribution is 5.79. The number of esters is 7. The van der Waals surface area contributed by atoms with Crippen LogP contribution in [0.4, 0.5) is 0 Å². The summed E-state index contributed by atoms with van der Waals surface area (Å²) in [4.78, 5) is 87.9. The minimum absolute atomic E-state index is 0.00345. The molecule has 21 aliphatic rings. The quantitative estimate of drug-likeness (QED) is 0.0505. The van der Waals surface area contributed by atoms with Crippen LogP contribution < -0.4 is 0 Å². The van der Waals surface area contributed by atoms with E-state index in [1.807, 2.05) is 96.9 Å². The average Bonchev–Trinajstić information content (AvgIpc) is 1.53. The fraction of sp³-hybridized carbons (Fsp3) is 0.946. The van der Waals surface area contributed by atoms with Gasteiger partial charge >= 0.3 is 41.8 Å². The third-order valence-electron chi connectivity index (χ3n) is 48.8. The number of hydrogen-bond acceptors (Lipinski definition) is 14.